The van der Waals surface area contributed by atoms with Gasteiger partial charge in [-0.3, -0.25) is 14.5 Å². The van der Waals surface area contributed by atoms with Gasteiger partial charge in [-0.15, -0.1) is 0 Å². The van der Waals surface area contributed by atoms with Crippen molar-refractivity contribution in [2.75, 3.05) is 51.9 Å². The third kappa shape index (κ3) is 8.00. The summed E-state index contributed by atoms with van der Waals surface area (Å²) in [7, 11) is 3.42. The van der Waals surface area contributed by atoms with Gasteiger partial charge < -0.3 is 24.4 Å². The van der Waals surface area contributed by atoms with Crippen molar-refractivity contribution in [3.05, 3.63) is 78.1 Å². The number of benzene rings is 2. The predicted octanol–water partition coefficient (Wildman–Crippen LogP) is 2.87. The molecule has 1 N–H and O–H groups in total. The first-order chi connectivity index (χ1) is 19.6. The molecule has 0 bridgehead atoms. The van der Waals surface area contributed by atoms with Gasteiger partial charge in [0.05, 0.1) is 51.6 Å². The lowest BCUT2D eigenvalue weighted by Gasteiger charge is -2.36. The molecule has 3 aromatic rings. The molecule has 1 fully saturated rings. The second-order valence-corrected chi connectivity index (χ2v) is 9.55. The zero-order valence-electron chi connectivity index (χ0n) is 23.1. The molecular weight excluding hydrogens is 510 g/mol. The first-order valence-electron chi connectivity index (χ1n) is 13.5. The number of aryl methyl sites for hydroxylation is 1. The lowest BCUT2D eigenvalue weighted by molar-refractivity contribution is -0.134. The normalized spacial score (nSPS) is 15.1. The molecule has 10 heteroatoms. The van der Waals surface area contributed by atoms with Crippen LogP contribution >= 0.6 is 0 Å². The fourth-order valence-electron chi connectivity index (χ4n) is 4.55. The van der Waals surface area contributed by atoms with Crippen LogP contribution in [0.5, 0.6) is 11.8 Å². The van der Waals surface area contributed by atoms with Crippen LogP contribution in [0.3, 0.4) is 0 Å². The molecule has 0 spiro atoms. The molecule has 2 heterocycles. The van der Waals surface area contributed by atoms with Gasteiger partial charge in [-0.2, -0.15) is 0 Å². The lowest BCUT2D eigenvalue weighted by atomic mass is 10.1. The van der Waals surface area contributed by atoms with Crippen LogP contribution in [0.15, 0.2) is 67.0 Å². The predicted molar refractivity (Wildman–Crippen MR) is 151 cm³/mol. The molecule has 0 unspecified atom stereocenters. The van der Waals surface area contributed by atoms with Gasteiger partial charge in [-0.25, -0.2) is 9.97 Å². The van der Waals surface area contributed by atoms with Crippen LogP contribution < -0.4 is 19.7 Å². The third-order valence-electron chi connectivity index (χ3n) is 6.66. The van der Waals surface area contributed by atoms with E-state index in [4.69, 9.17) is 14.2 Å². The number of hydrogen-bond donors (Lipinski definition) is 1. The van der Waals surface area contributed by atoms with Gasteiger partial charge in [0.1, 0.15) is 11.8 Å². The number of likely N-dealkylation sites (N-methyl/N-ethyl adjacent to an activating group) is 1. The van der Waals surface area contributed by atoms with Crippen molar-refractivity contribution >= 4 is 17.5 Å². The first-order valence-corrected chi connectivity index (χ1v) is 13.5. The number of piperazine rings is 1. The van der Waals surface area contributed by atoms with Crippen LogP contribution in [0, 0.1) is 0 Å². The molecule has 0 saturated carbocycles. The van der Waals surface area contributed by atoms with E-state index in [-0.39, 0.29) is 24.4 Å². The van der Waals surface area contributed by atoms with Crippen LogP contribution in [-0.2, 0) is 27.4 Å². The fourth-order valence-corrected chi connectivity index (χ4v) is 4.55. The van der Waals surface area contributed by atoms with Crippen molar-refractivity contribution in [2.24, 2.45) is 0 Å². The molecule has 10 nitrogen and oxygen atoms in total. The Morgan fingerprint density at radius 3 is 2.58 bits per heavy atom. The summed E-state index contributed by atoms with van der Waals surface area (Å²) in [6, 6.07) is 17.5. The smallest absolute Gasteiger partial charge is 0.316 e. The Morgan fingerprint density at radius 1 is 1.05 bits per heavy atom. The maximum Gasteiger partial charge on any atom is 0.316 e. The number of rotatable bonds is 14. The van der Waals surface area contributed by atoms with E-state index in [9.17, 15) is 9.59 Å². The Balaban J connectivity index is 1.24. The average Bonchev–Trinajstić information content (AvgIpc) is 2.99. The Morgan fingerprint density at radius 2 is 1.80 bits per heavy atom. The molecule has 40 heavy (non-hydrogen) atoms. The highest BCUT2D eigenvalue weighted by molar-refractivity contribution is 6.02. The number of methoxy groups -OCH3 is 1. The zero-order chi connectivity index (χ0) is 28.2. The molecule has 2 amide bonds. The highest BCUT2D eigenvalue weighted by atomic mass is 16.5. The third-order valence-corrected chi connectivity index (χ3v) is 6.66. The molecule has 1 saturated heterocycles. The highest BCUT2D eigenvalue weighted by Crippen LogP contribution is 2.21. The van der Waals surface area contributed by atoms with E-state index in [0.717, 1.165) is 24.2 Å². The molecule has 1 aromatic heterocycles. The summed E-state index contributed by atoms with van der Waals surface area (Å²) in [6.45, 7) is 2.45. The van der Waals surface area contributed by atoms with Gasteiger partial charge >= 0.3 is 6.01 Å². The van der Waals surface area contributed by atoms with Gasteiger partial charge in [0.25, 0.3) is 0 Å². The van der Waals surface area contributed by atoms with Gasteiger partial charge in [0.2, 0.25) is 11.8 Å². The minimum absolute atomic E-state index is 0.123. The number of carbonyl (C=O) groups excluding carboxylic acids is 2. The van der Waals surface area contributed by atoms with Gasteiger partial charge in [0.15, 0.2) is 0 Å². The summed E-state index contributed by atoms with van der Waals surface area (Å²) in [5.41, 5.74) is 2.69. The summed E-state index contributed by atoms with van der Waals surface area (Å²) in [6.07, 6.45) is 5.43. The molecule has 1 atom stereocenters. The summed E-state index contributed by atoms with van der Waals surface area (Å²) in [4.78, 5) is 37.8. The van der Waals surface area contributed by atoms with Crippen molar-refractivity contribution in [1.82, 2.24) is 20.2 Å². The number of nitrogens with zero attached hydrogens (tertiary/aromatic N) is 4. The highest BCUT2D eigenvalue weighted by Gasteiger charge is 2.36. The second-order valence-electron chi connectivity index (χ2n) is 9.55. The van der Waals surface area contributed by atoms with E-state index in [0.29, 0.717) is 45.0 Å². The maximum atomic E-state index is 13.3. The van der Waals surface area contributed by atoms with Gasteiger partial charge in [-0.1, -0.05) is 48.5 Å². The molecule has 4 rings (SSSR count). The van der Waals surface area contributed by atoms with Gasteiger partial charge in [-0.05, 0) is 24.5 Å². The molecule has 2 aromatic carbocycles. The molecule has 0 aliphatic carbocycles. The first kappa shape index (κ1) is 29.0. The minimum Gasteiger partial charge on any atom is -0.496 e. The number of nitrogens with one attached hydrogen (secondary N) is 1. The van der Waals surface area contributed by atoms with E-state index in [1.165, 1.54) is 22.9 Å². The van der Waals surface area contributed by atoms with E-state index in [1.54, 1.807) is 19.1 Å². The molecular formula is C30H37N5O5. The van der Waals surface area contributed by atoms with Crippen LogP contribution in [-0.4, -0.2) is 79.7 Å². The Kier molecular flexibility index (Phi) is 10.8. The number of amides is 2. The fraction of sp³-hybridized carbons (Fsp3) is 0.400. The molecule has 1 aliphatic heterocycles. The van der Waals surface area contributed by atoms with Crippen molar-refractivity contribution in [2.45, 2.75) is 31.9 Å². The van der Waals surface area contributed by atoms with Crippen molar-refractivity contribution < 1.29 is 23.8 Å². The molecule has 212 valence electrons. The lowest BCUT2D eigenvalue weighted by Crippen LogP contribution is -2.61. The van der Waals surface area contributed by atoms with Crippen molar-refractivity contribution in [3.8, 4) is 11.8 Å². The minimum atomic E-state index is -0.668. The Hall–Kier alpha value is -4.02. The number of carbonyl (C=O) groups is 2. The summed E-state index contributed by atoms with van der Waals surface area (Å²) >= 11 is 0. The summed E-state index contributed by atoms with van der Waals surface area (Å²) in [5.74, 6) is 0.475. The standard InChI is InChI=1S/C30H37N5O5/c1-34(15-8-12-23-10-4-3-5-11-23)29(37)26-20-31-21-28(36)35(26)25-18-32-30(33-19-25)40-17-9-16-39-22-24-13-6-7-14-27(24)38-2/h3-7,10-11,13-14,18-19,26,31H,8-9,12,15-17,20-22H2,1-2H3/t26-/m1/s1. The number of para-hydroxylation sites is 1. The van der Waals surface area contributed by atoms with E-state index >= 15 is 0 Å². The van der Waals surface area contributed by atoms with E-state index < -0.39 is 6.04 Å². The largest absolute Gasteiger partial charge is 0.496 e. The Labute approximate surface area is 235 Å². The summed E-state index contributed by atoms with van der Waals surface area (Å²) < 4.78 is 16.7. The monoisotopic (exact) mass is 547 g/mol. The Bertz CT molecular complexity index is 1220. The van der Waals surface area contributed by atoms with Crippen molar-refractivity contribution in [1.29, 1.82) is 0 Å². The zero-order valence-corrected chi connectivity index (χ0v) is 23.1. The van der Waals surface area contributed by atoms with Crippen LogP contribution in [0.1, 0.15) is 24.0 Å². The van der Waals surface area contributed by atoms with E-state index in [2.05, 4.69) is 27.4 Å². The number of ether oxygens (including phenoxy) is 3. The SMILES string of the molecule is COc1ccccc1COCCCOc1ncc(N2C(=O)CNC[C@@H]2C(=O)N(C)CCCc2ccccc2)cn1. The number of hydrogen-bond acceptors (Lipinski definition) is 8. The number of anilines is 1. The van der Waals surface area contributed by atoms with Crippen LogP contribution in [0.4, 0.5) is 5.69 Å². The summed E-state index contributed by atoms with van der Waals surface area (Å²) in [5, 5.41) is 3.05. The topological polar surface area (TPSA) is 106 Å². The number of aromatic nitrogens is 2. The van der Waals surface area contributed by atoms with Gasteiger partial charge in [0, 0.05) is 32.1 Å². The van der Waals surface area contributed by atoms with E-state index in [1.807, 2.05) is 42.5 Å². The maximum absolute atomic E-state index is 13.3. The van der Waals surface area contributed by atoms with Crippen LogP contribution in [0.25, 0.3) is 0 Å². The average molecular weight is 548 g/mol. The molecule has 1 aliphatic rings. The second kappa shape index (κ2) is 14.9. The van der Waals surface area contributed by atoms with Crippen molar-refractivity contribution in [3.63, 3.8) is 0 Å². The van der Waals surface area contributed by atoms with Crippen LogP contribution in [0.2, 0.25) is 0 Å². The molecule has 0 radical (unpaired) electrons. The quantitative estimate of drug-likeness (QED) is 0.307.